The largest absolute Gasteiger partial charge is 0.468 e. The van der Waals surface area contributed by atoms with Crippen molar-refractivity contribution < 1.29 is 29.0 Å². The first-order valence-electron chi connectivity index (χ1n) is 6.69. The van der Waals surface area contributed by atoms with E-state index in [0.717, 1.165) is 0 Å². The van der Waals surface area contributed by atoms with E-state index in [1.165, 1.54) is 19.1 Å². The molecule has 1 rings (SSSR count). The molecule has 8 nitrogen and oxygen atoms in total. The summed E-state index contributed by atoms with van der Waals surface area (Å²) in [5.41, 5.74) is 0. The van der Waals surface area contributed by atoms with Crippen LogP contribution in [0.15, 0.2) is 0 Å². The Hall–Kier alpha value is -1.67. The van der Waals surface area contributed by atoms with Gasteiger partial charge in [0.15, 0.2) is 0 Å². The molecule has 0 bridgehead atoms. The molecule has 1 aliphatic rings. The van der Waals surface area contributed by atoms with Crippen molar-refractivity contribution in [2.75, 3.05) is 20.8 Å². The molecule has 0 radical (unpaired) electrons. The summed E-state index contributed by atoms with van der Waals surface area (Å²) in [7, 11) is 2.44. The van der Waals surface area contributed by atoms with Gasteiger partial charge in [-0.05, 0) is 5.92 Å². The molecule has 1 fully saturated rings. The Balaban J connectivity index is 2.90. The summed E-state index contributed by atoms with van der Waals surface area (Å²) in [5, 5.41) is 13.0. The first-order chi connectivity index (χ1) is 9.81. The zero-order chi connectivity index (χ0) is 16.2. The van der Waals surface area contributed by atoms with Crippen molar-refractivity contribution >= 4 is 17.8 Å². The van der Waals surface area contributed by atoms with Crippen LogP contribution in [0.2, 0.25) is 0 Å². The minimum absolute atomic E-state index is 0.00717. The van der Waals surface area contributed by atoms with Crippen LogP contribution in [-0.2, 0) is 19.1 Å². The average molecular weight is 302 g/mol. The lowest BCUT2D eigenvalue weighted by Gasteiger charge is -2.34. The van der Waals surface area contributed by atoms with E-state index in [2.05, 4.69) is 14.8 Å². The number of rotatable bonds is 5. The quantitative estimate of drug-likeness (QED) is 0.660. The van der Waals surface area contributed by atoms with Gasteiger partial charge in [-0.15, -0.1) is 0 Å². The number of alkyl carbamates (subject to hydrolysis) is 1. The van der Waals surface area contributed by atoms with Crippen LogP contribution >= 0.6 is 0 Å². The second-order valence-corrected chi connectivity index (χ2v) is 5.27. The Morgan fingerprint density at radius 2 is 1.95 bits per heavy atom. The Morgan fingerprint density at radius 1 is 1.33 bits per heavy atom. The first kappa shape index (κ1) is 17.4. The third-order valence-electron chi connectivity index (χ3n) is 3.50. The van der Waals surface area contributed by atoms with Crippen molar-refractivity contribution in [1.82, 2.24) is 10.2 Å². The molecular formula is C13H22N2O6. The fraction of sp³-hybridized carbons (Fsp3) is 0.769. The number of Topliss-reactive ketones (excluding diaryl/α,β-unsaturated/α-hetero) is 1. The van der Waals surface area contributed by atoms with E-state index in [4.69, 9.17) is 0 Å². The van der Waals surface area contributed by atoms with E-state index in [1.807, 2.05) is 0 Å². The number of hydrogen-bond donors (Lipinski definition) is 2. The van der Waals surface area contributed by atoms with E-state index >= 15 is 0 Å². The molecule has 2 N–H and O–H groups in total. The highest BCUT2D eigenvalue weighted by molar-refractivity contribution is 5.91. The molecule has 1 aliphatic heterocycles. The molecule has 1 saturated heterocycles. The number of aliphatic hydroxyl groups excluding tert-OH is 1. The maximum Gasteiger partial charge on any atom is 0.407 e. The monoisotopic (exact) mass is 302 g/mol. The molecule has 21 heavy (non-hydrogen) atoms. The molecule has 0 aromatic rings. The number of likely N-dealkylation sites (tertiary alicyclic amines) is 1. The molecule has 3 atom stereocenters. The van der Waals surface area contributed by atoms with Crippen LogP contribution in [0.25, 0.3) is 0 Å². The highest BCUT2D eigenvalue weighted by Crippen LogP contribution is 2.22. The molecule has 120 valence electrons. The van der Waals surface area contributed by atoms with Crippen molar-refractivity contribution in [3.05, 3.63) is 0 Å². The zero-order valence-corrected chi connectivity index (χ0v) is 12.7. The highest BCUT2D eigenvalue weighted by Gasteiger charge is 2.43. The van der Waals surface area contributed by atoms with Crippen molar-refractivity contribution in [3.8, 4) is 0 Å². The third kappa shape index (κ3) is 4.15. The minimum atomic E-state index is -1.19. The summed E-state index contributed by atoms with van der Waals surface area (Å²) in [5.74, 6) is -0.876. The molecule has 0 saturated carbocycles. The second kappa shape index (κ2) is 7.37. The molecule has 1 unspecified atom stereocenters. The fourth-order valence-electron chi connectivity index (χ4n) is 2.33. The van der Waals surface area contributed by atoms with E-state index in [9.17, 15) is 19.5 Å². The van der Waals surface area contributed by atoms with Gasteiger partial charge in [-0.25, -0.2) is 4.79 Å². The van der Waals surface area contributed by atoms with Crippen LogP contribution in [-0.4, -0.2) is 66.9 Å². The standard InChI is InChI=1S/C13H22N2O6/c1-7(2)10(14-13(19)21-4)11(17)15-6-8(16)5-9(15)12(18)20-3/h7,9-11,17H,5-6H2,1-4H3,(H,14,19)/t9-,10-,11?/m0/s1. The molecule has 1 amide bonds. The average Bonchev–Trinajstić information content (AvgIpc) is 2.84. The summed E-state index contributed by atoms with van der Waals surface area (Å²) in [6.07, 6.45) is -1.89. The van der Waals surface area contributed by atoms with E-state index < -0.39 is 30.4 Å². The second-order valence-electron chi connectivity index (χ2n) is 5.27. The SMILES string of the molecule is COC(=O)N[C@@H](C(C)C)C(O)N1CC(=O)C[C@H]1C(=O)OC. The number of nitrogens with one attached hydrogen (secondary N) is 1. The lowest BCUT2D eigenvalue weighted by Crippen LogP contribution is -2.56. The smallest absolute Gasteiger partial charge is 0.407 e. The lowest BCUT2D eigenvalue weighted by atomic mass is 10.0. The molecule has 1 heterocycles. The van der Waals surface area contributed by atoms with Gasteiger partial charge >= 0.3 is 12.1 Å². The number of methoxy groups -OCH3 is 2. The lowest BCUT2D eigenvalue weighted by molar-refractivity contribution is -0.151. The van der Waals surface area contributed by atoms with E-state index in [0.29, 0.717) is 0 Å². The minimum Gasteiger partial charge on any atom is -0.468 e. The molecular weight excluding hydrogens is 280 g/mol. The summed E-state index contributed by atoms with van der Waals surface area (Å²) in [6.45, 7) is 3.54. The summed E-state index contributed by atoms with van der Waals surface area (Å²) >= 11 is 0. The molecule has 8 heteroatoms. The van der Waals surface area contributed by atoms with E-state index in [1.54, 1.807) is 13.8 Å². The van der Waals surface area contributed by atoms with Crippen LogP contribution in [0.4, 0.5) is 4.79 Å². The maximum atomic E-state index is 11.7. The zero-order valence-electron chi connectivity index (χ0n) is 12.7. The van der Waals surface area contributed by atoms with Gasteiger partial charge < -0.3 is 19.9 Å². The van der Waals surface area contributed by atoms with Gasteiger partial charge in [-0.1, -0.05) is 13.8 Å². The van der Waals surface area contributed by atoms with Crippen LogP contribution in [0.3, 0.4) is 0 Å². The first-order valence-corrected chi connectivity index (χ1v) is 6.69. The van der Waals surface area contributed by atoms with E-state index in [-0.39, 0.29) is 24.7 Å². The number of nitrogens with zero attached hydrogens (tertiary/aromatic N) is 1. The van der Waals surface area contributed by atoms with Crippen molar-refractivity contribution in [2.45, 2.75) is 38.6 Å². The normalized spacial score (nSPS) is 22.0. The third-order valence-corrected chi connectivity index (χ3v) is 3.50. The number of carbonyl (C=O) groups is 3. The van der Waals surface area contributed by atoms with Crippen LogP contribution < -0.4 is 5.32 Å². The summed E-state index contributed by atoms with van der Waals surface area (Å²) in [6, 6.07) is -1.52. The van der Waals surface area contributed by atoms with Crippen molar-refractivity contribution in [2.24, 2.45) is 5.92 Å². The van der Waals surface area contributed by atoms with Gasteiger partial charge in [0.25, 0.3) is 0 Å². The van der Waals surface area contributed by atoms with Crippen LogP contribution in [0, 0.1) is 5.92 Å². The Labute approximate surface area is 123 Å². The van der Waals surface area contributed by atoms with Crippen LogP contribution in [0.1, 0.15) is 20.3 Å². The topological polar surface area (TPSA) is 105 Å². The number of ketones is 1. The van der Waals surface area contributed by atoms with Gasteiger partial charge in [0.2, 0.25) is 0 Å². The van der Waals surface area contributed by atoms with Gasteiger partial charge in [0.05, 0.1) is 26.8 Å². The van der Waals surface area contributed by atoms with Crippen LogP contribution in [0.5, 0.6) is 0 Å². The molecule has 0 spiro atoms. The number of aliphatic hydroxyl groups is 1. The van der Waals surface area contributed by atoms with Crippen molar-refractivity contribution in [3.63, 3.8) is 0 Å². The Bertz CT molecular complexity index is 411. The van der Waals surface area contributed by atoms with Gasteiger partial charge in [-0.2, -0.15) is 0 Å². The predicted molar refractivity (Wildman–Crippen MR) is 72.3 cm³/mol. The summed E-state index contributed by atoms with van der Waals surface area (Å²) in [4.78, 5) is 36.0. The molecule has 0 aliphatic carbocycles. The number of hydrogen-bond acceptors (Lipinski definition) is 7. The molecule has 0 aromatic carbocycles. The number of carbonyl (C=O) groups excluding carboxylic acids is 3. The highest BCUT2D eigenvalue weighted by atomic mass is 16.5. The van der Waals surface area contributed by atoms with Gasteiger partial charge in [0, 0.05) is 6.42 Å². The van der Waals surface area contributed by atoms with Crippen molar-refractivity contribution in [1.29, 1.82) is 0 Å². The summed E-state index contributed by atoms with van der Waals surface area (Å²) < 4.78 is 9.17. The number of ether oxygens (including phenoxy) is 2. The predicted octanol–water partition coefficient (Wildman–Crippen LogP) is -0.498. The molecule has 0 aromatic heterocycles. The van der Waals surface area contributed by atoms with Gasteiger partial charge in [0.1, 0.15) is 18.1 Å². The number of amides is 1. The number of esters is 1. The fourth-order valence-corrected chi connectivity index (χ4v) is 2.33. The maximum absolute atomic E-state index is 11.7. The van der Waals surface area contributed by atoms with Gasteiger partial charge in [-0.3, -0.25) is 14.5 Å². The Morgan fingerprint density at radius 3 is 2.43 bits per heavy atom. The Kier molecular flexibility index (Phi) is 6.10.